The molecule has 1 aliphatic heterocycles. The Balaban J connectivity index is 1.70. The maximum absolute atomic E-state index is 12.8. The lowest BCUT2D eigenvalue weighted by atomic mass is 10.2. The third-order valence-electron chi connectivity index (χ3n) is 4.57. The Morgan fingerprint density at radius 1 is 0.778 bits per heavy atom. The summed E-state index contributed by atoms with van der Waals surface area (Å²) in [6.07, 6.45) is 1.09. The molecule has 0 bridgehead atoms. The summed E-state index contributed by atoms with van der Waals surface area (Å²) in [7, 11) is -5.39. The molecule has 0 radical (unpaired) electrons. The van der Waals surface area contributed by atoms with E-state index in [1.807, 2.05) is 24.3 Å². The zero-order chi connectivity index (χ0) is 19.7. The standard InChI is InChI=1S/C18H22N2O5S2/c1-25-16-5-3-15(4-6-16)19-11-13-20(14-12-19)27(23,24)18-9-7-17(8-10-18)26(2,21)22/h3-10H,11-14H2,1-2H3. The van der Waals surface area contributed by atoms with Gasteiger partial charge in [-0.3, -0.25) is 0 Å². The average molecular weight is 411 g/mol. The van der Waals surface area contributed by atoms with Crippen LogP contribution in [0.1, 0.15) is 0 Å². The molecule has 9 heteroatoms. The van der Waals surface area contributed by atoms with Crippen molar-refractivity contribution in [3.63, 3.8) is 0 Å². The van der Waals surface area contributed by atoms with Crippen molar-refractivity contribution in [1.29, 1.82) is 0 Å². The third-order valence-corrected chi connectivity index (χ3v) is 7.61. The molecule has 2 aromatic carbocycles. The van der Waals surface area contributed by atoms with E-state index in [9.17, 15) is 16.8 Å². The van der Waals surface area contributed by atoms with Crippen LogP contribution in [0, 0.1) is 0 Å². The van der Waals surface area contributed by atoms with Gasteiger partial charge in [0.15, 0.2) is 9.84 Å². The van der Waals surface area contributed by atoms with Crippen molar-refractivity contribution in [2.24, 2.45) is 0 Å². The molecule has 0 unspecified atom stereocenters. The number of benzene rings is 2. The Bertz CT molecular complexity index is 993. The molecule has 7 nitrogen and oxygen atoms in total. The maximum atomic E-state index is 12.8. The second kappa shape index (κ2) is 7.49. The van der Waals surface area contributed by atoms with Crippen LogP contribution in [0.25, 0.3) is 0 Å². The SMILES string of the molecule is COc1ccc(N2CCN(S(=O)(=O)c3ccc(S(C)(=O)=O)cc3)CC2)cc1. The summed E-state index contributed by atoms with van der Waals surface area (Å²) in [5.74, 6) is 0.775. The quantitative estimate of drug-likeness (QED) is 0.745. The van der Waals surface area contributed by atoms with Gasteiger partial charge in [-0.15, -0.1) is 0 Å². The van der Waals surface area contributed by atoms with Crippen LogP contribution >= 0.6 is 0 Å². The minimum Gasteiger partial charge on any atom is -0.497 e. The number of sulfone groups is 1. The first-order chi connectivity index (χ1) is 12.7. The summed E-state index contributed by atoms with van der Waals surface area (Å²) in [5, 5.41) is 0. The van der Waals surface area contributed by atoms with E-state index in [2.05, 4.69) is 4.90 Å². The molecule has 1 aliphatic rings. The van der Waals surface area contributed by atoms with E-state index < -0.39 is 19.9 Å². The first-order valence-corrected chi connectivity index (χ1v) is 11.7. The van der Waals surface area contributed by atoms with Gasteiger partial charge in [-0.25, -0.2) is 16.8 Å². The Morgan fingerprint density at radius 3 is 1.78 bits per heavy atom. The average Bonchev–Trinajstić information content (AvgIpc) is 2.67. The van der Waals surface area contributed by atoms with Crippen LogP contribution in [0.15, 0.2) is 58.3 Å². The lowest BCUT2D eigenvalue weighted by Crippen LogP contribution is -2.48. The highest BCUT2D eigenvalue weighted by Gasteiger charge is 2.28. The van der Waals surface area contributed by atoms with E-state index in [0.29, 0.717) is 26.2 Å². The van der Waals surface area contributed by atoms with E-state index in [4.69, 9.17) is 4.74 Å². The number of ether oxygens (including phenoxy) is 1. The Hall–Kier alpha value is -2.10. The zero-order valence-electron chi connectivity index (χ0n) is 15.2. The number of sulfonamides is 1. The molecular weight excluding hydrogens is 388 g/mol. The minimum atomic E-state index is -3.65. The Kier molecular flexibility index (Phi) is 5.45. The van der Waals surface area contributed by atoms with Crippen molar-refractivity contribution >= 4 is 25.5 Å². The molecule has 1 fully saturated rings. The summed E-state index contributed by atoms with van der Waals surface area (Å²) in [6, 6.07) is 13.0. The Morgan fingerprint density at radius 2 is 1.30 bits per heavy atom. The predicted octanol–water partition coefficient (Wildman–Crippen LogP) is 1.61. The minimum absolute atomic E-state index is 0.103. The molecule has 0 saturated carbocycles. The second-order valence-corrected chi connectivity index (χ2v) is 10.3. The summed E-state index contributed by atoms with van der Waals surface area (Å²) < 4.78 is 55.3. The van der Waals surface area contributed by atoms with Crippen LogP contribution in [0.3, 0.4) is 0 Å². The van der Waals surface area contributed by atoms with Crippen molar-refractivity contribution in [1.82, 2.24) is 4.31 Å². The monoisotopic (exact) mass is 410 g/mol. The summed E-state index contributed by atoms with van der Waals surface area (Å²) in [6.45, 7) is 1.88. The van der Waals surface area contributed by atoms with Gasteiger partial charge in [-0.05, 0) is 48.5 Å². The van der Waals surface area contributed by atoms with Gasteiger partial charge in [-0.2, -0.15) is 4.31 Å². The molecule has 0 spiro atoms. The first kappa shape index (κ1) is 19.7. The number of hydrogen-bond donors (Lipinski definition) is 0. The fraction of sp³-hybridized carbons (Fsp3) is 0.333. The van der Waals surface area contributed by atoms with E-state index in [0.717, 1.165) is 17.7 Å². The largest absolute Gasteiger partial charge is 0.497 e. The van der Waals surface area contributed by atoms with Crippen LogP contribution in [-0.2, 0) is 19.9 Å². The van der Waals surface area contributed by atoms with E-state index in [1.165, 1.54) is 28.6 Å². The fourth-order valence-electron chi connectivity index (χ4n) is 2.99. The molecular formula is C18H22N2O5S2. The normalized spacial score (nSPS) is 16.3. The van der Waals surface area contributed by atoms with Gasteiger partial charge in [0, 0.05) is 38.1 Å². The van der Waals surface area contributed by atoms with Crippen molar-refractivity contribution in [2.75, 3.05) is 44.4 Å². The maximum Gasteiger partial charge on any atom is 0.243 e. The molecule has 146 valence electrons. The van der Waals surface area contributed by atoms with Gasteiger partial charge in [-0.1, -0.05) is 0 Å². The van der Waals surface area contributed by atoms with Crippen LogP contribution in [-0.4, -0.2) is 60.7 Å². The number of anilines is 1. The zero-order valence-corrected chi connectivity index (χ0v) is 16.8. The van der Waals surface area contributed by atoms with E-state index in [-0.39, 0.29) is 9.79 Å². The lowest BCUT2D eigenvalue weighted by Gasteiger charge is -2.35. The van der Waals surface area contributed by atoms with Gasteiger partial charge in [0.05, 0.1) is 16.9 Å². The highest BCUT2D eigenvalue weighted by Crippen LogP contribution is 2.23. The summed E-state index contributed by atoms with van der Waals surface area (Å²) >= 11 is 0. The molecule has 0 amide bonds. The molecule has 0 aromatic heterocycles. The van der Waals surface area contributed by atoms with Gasteiger partial charge >= 0.3 is 0 Å². The highest BCUT2D eigenvalue weighted by atomic mass is 32.2. The molecule has 1 saturated heterocycles. The van der Waals surface area contributed by atoms with Crippen LogP contribution < -0.4 is 9.64 Å². The number of rotatable bonds is 5. The molecule has 3 rings (SSSR count). The molecule has 0 N–H and O–H groups in total. The lowest BCUT2D eigenvalue weighted by molar-refractivity contribution is 0.384. The van der Waals surface area contributed by atoms with Crippen molar-refractivity contribution in [3.05, 3.63) is 48.5 Å². The number of methoxy groups -OCH3 is 1. The second-order valence-electron chi connectivity index (χ2n) is 6.33. The predicted molar refractivity (Wildman–Crippen MR) is 104 cm³/mol. The molecule has 1 heterocycles. The van der Waals surface area contributed by atoms with Crippen molar-refractivity contribution < 1.29 is 21.6 Å². The third kappa shape index (κ3) is 4.26. The number of piperazine rings is 1. The highest BCUT2D eigenvalue weighted by molar-refractivity contribution is 7.90. The van der Waals surface area contributed by atoms with Crippen LogP contribution in [0.2, 0.25) is 0 Å². The van der Waals surface area contributed by atoms with E-state index >= 15 is 0 Å². The molecule has 0 atom stereocenters. The summed E-state index contributed by atoms with van der Waals surface area (Å²) in [5.41, 5.74) is 1.02. The smallest absolute Gasteiger partial charge is 0.243 e. The fourth-order valence-corrected chi connectivity index (χ4v) is 5.04. The Labute approximate surface area is 160 Å². The van der Waals surface area contributed by atoms with Gasteiger partial charge in [0.25, 0.3) is 0 Å². The van der Waals surface area contributed by atoms with Crippen molar-refractivity contribution in [2.45, 2.75) is 9.79 Å². The van der Waals surface area contributed by atoms with Gasteiger partial charge < -0.3 is 9.64 Å². The van der Waals surface area contributed by atoms with Gasteiger partial charge in [0.2, 0.25) is 10.0 Å². The van der Waals surface area contributed by atoms with E-state index in [1.54, 1.807) is 7.11 Å². The molecule has 2 aromatic rings. The topological polar surface area (TPSA) is 84.0 Å². The van der Waals surface area contributed by atoms with Gasteiger partial charge in [0.1, 0.15) is 5.75 Å². The van der Waals surface area contributed by atoms with Crippen LogP contribution in [0.4, 0.5) is 5.69 Å². The summed E-state index contributed by atoms with van der Waals surface area (Å²) in [4.78, 5) is 2.33. The number of nitrogens with zero attached hydrogens (tertiary/aromatic N) is 2. The van der Waals surface area contributed by atoms with Crippen LogP contribution in [0.5, 0.6) is 5.75 Å². The molecule has 0 aliphatic carbocycles. The number of hydrogen-bond acceptors (Lipinski definition) is 6. The first-order valence-electron chi connectivity index (χ1n) is 8.41. The van der Waals surface area contributed by atoms with Crippen molar-refractivity contribution in [3.8, 4) is 5.75 Å². The molecule has 27 heavy (non-hydrogen) atoms.